The molecule has 8 heteroatoms. The lowest BCUT2D eigenvalue weighted by Crippen LogP contribution is -2.38. The molecule has 0 unspecified atom stereocenters. The van der Waals surface area contributed by atoms with Crippen molar-refractivity contribution in [2.75, 3.05) is 25.4 Å². The Morgan fingerprint density at radius 2 is 2.11 bits per heavy atom. The molecule has 7 nitrogen and oxygen atoms in total. The fourth-order valence-corrected chi connectivity index (χ4v) is 4.69. The molecule has 2 fully saturated rings. The molecular formula is C20H28N4O3S. The minimum absolute atomic E-state index is 0.167. The Balaban J connectivity index is 1.49. The van der Waals surface area contributed by atoms with E-state index in [-0.39, 0.29) is 12.0 Å². The zero-order valence-corrected chi connectivity index (χ0v) is 17.4. The molecule has 0 N–H and O–H groups in total. The van der Waals surface area contributed by atoms with Crippen molar-refractivity contribution in [1.82, 2.24) is 19.7 Å². The van der Waals surface area contributed by atoms with E-state index in [1.807, 2.05) is 17.9 Å². The highest BCUT2D eigenvalue weighted by Gasteiger charge is 2.25. The molecule has 0 radical (unpaired) electrons. The number of nitrogens with zero attached hydrogens (tertiary/aromatic N) is 4. The van der Waals surface area contributed by atoms with E-state index in [9.17, 15) is 4.79 Å². The molecule has 2 aromatic rings. The number of hydrogen-bond donors (Lipinski definition) is 0. The van der Waals surface area contributed by atoms with Gasteiger partial charge in [0, 0.05) is 19.7 Å². The molecule has 0 aromatic carbocycles. The molecule has 2 aromatic heterocycles. The molecule has 1 amide bonds. The fourth-order valence-electron chi connectivity index (χ4n) is 3.84. The van der Waals surface area contributed by atoms with E-state index in [1.54, 1.807) is 6.26 Å². The number of thioether (sulfide) groups is 1. The van der Waals surface area contributed by atoms with Crippen molar-refractivity contribution in [3.05, 3.63) is 18.1 Å². The van der Waals surface area contributed by atoms with Crippen LogP contribution in [0.3, 0.4) is 0 Å². The number of rotatable bonds is 6. The zero-order valence-electron chi connectivity index (χ0n) is 16.6. The van der Waals surface area contributed by atoms with Gasteiger partial charge in [0.05, 0.1) is 30.2 Å². The van der Waals surface area contributed by atoms with Gasteiger partial charge in [-0.2, -0.15) is 0 Å². The third-order valence-electron chi connectivity index (χ3n) is 5.69. The smallest absolute Gasteiger partial charge is 0.233 e. The Morgan fingerprint density at radius 3 is 2.79 bits per heavy atom. The Bertz CT molecular complexity index is 804. The van der Waals surface area contributed by atoms with Crippen molar-refractivity contribution < 1.29 is 13.9 Å². The normalized spacial score (nSPS) is 20.8. The molecule has 4 rings (SSSR count). The summed E-state index contributed by atoms with van der Waals surface area (Å²) in [7, 11) is 0. The number of hydrogen-bond acceptors (Lipinski definition) is 6. The van der Waals surface area contributed by atoms with Crippen molar-refractivity contribution in [2.45, 2.75) is 57.3 Å². The van der Waals surface area contributed by atoms with Crippen LogP contribution in [-0.2, 0) is 16.1 Å². The average molecular weight is 405 g/mol. The summed E-state index contributed by atoms with van der Waals surface area (Å²) >= 11 is 1.47. The van der Waals surface area contributed by atoms with Gasteiger partial charge in [0.1, 0.15) is 5.76 Å². The lowest BCUT2D eigenvalue weighted by atomic mass is 9.99. The van der Waals surface area contributed by atoms with Gasteiger partial charge < -0.3 is 14.1 Å². The van der Waals surface area contributed by atoms with Gasteiger partial charge in [-0.25, -0.2) is 0 Å². The number of carbonyl (C=O) groups excluding carboxylic acids is 1. The van der Waals surface area contributed by atoms with Gasteiger partial charge in [-0.05, 0) is 44.6 Å². The van der Waals surface area contributed by atoms with E-state index < -0.39 is 0 Å². The summed E-state index contributed by atoms with van der Waals surface area (Å²) in [5.74, 6) is 2.89. The Morgan fingerprint density at radius 1 is 1.29 bits per heavy atom. The van der Waals surface area contributed by atoms with Crippen LogP contribution in [0, 0.1) is 12.8 Å². The molecule has 28 heavy (non-hydrogen) atoms. The van der Waals surface area contributed by atoms with E-state index >= 15 is 0 Å². The third kappa shape index (κ3) is 4.27. The lowest BCUT2D eigenvalue weighted by Gasteiger charge is -2.30. The van der Waals surface area contributed by atoms with E-state index in [4.69, 9.17) is 9.15 Å². The van der Waals surface area contributed by atoms with Crippen LogP contribution in [0.1, 0.15) is 38.4 Å². The third-order valence-corrected chi connectivity index (χ3v) is 6.64. The van der Waals surface area contributed by atoms with Crippen LogP contribution < -0.4 is 0 Å². The number of amides is 1. The van der Waals surface area contributed by atoms with Gasteiger partial charge in [0.25, 0.3) is 0 Å². The van der Waals surface area contributed by atoms with Gasteiger partial charge in [0.2, 0.25) is 5.91 Å². The van der Waals surface area contributed by atoms with Crippen LogP contribution in [-0.4, -0.2) is 57.1 Å². The molecule has 0 spiro atoms. The second-order valence-corrected chi connectivity index (χ2v) is 8.74. The van der Waals surface area contributed by atoms with Gasteiger partial charge in [0.15, 0.2) is 11.0 Å². The maximum atomic E-state index is 12.6. The van der Waals surface area contributed by atoms with Gasteiger partial charge in [-0.15, -0.1) is 10.2 Å². The molecule has 2 aliphatic rings. The number of aryl methyl sites for hydroxylation is 1. The standard InChI is InChI=1S/C20H28N4O3S/c1-14-5-8-23(9-6-14)18(25)13-28-20-22-21-19(17-7-11-26-15(17)2)24(20)12-16-4-3-10-27-16/h7,11,14,16H,3-6,8-10,12-13H2,1-2H3/t16-/m1/s1. The number of ether oxygens (including phenoxy) is 1. The number of carbonyl (C=O) groups is 1. The summed E-state index contributed by atoms with van der Waals surface area (Å²) in [6.07, 6.45) is 6.15. The topological polar surface area (TPSA) is 73.4 Å². The van der Waals surface area contributed by atoms with Gasteiger partial charge in [-0.1, -0.05) is 18.7 Å². The van der Waals surface area contributed by atoms with Crippen LogP contribution in [0.25, 0.3) is 11.4 Å². The molecule has 2 saturated heterocycles. The van der Waals surface area contributed by atoms with Crippen LogP contribution >= 0.6 is 11.8 Å². The maximum absolute atomic E-state index is 12.6. The minimum atomic E-state index is 0.167. The second-order valence-electron chi connectivity index (χ2n) is 7.79. The van der Waals surface area contributed by atoms with Crippen molar-refractivity contribution in [3.8, 4) is 11.4 Å². The number of furan rings is 1. The fraction of sp³-hybridized carbons (Fsp3) is 0.650. The zero-order chi connectivity index (χ0) is 19.5. The quantitative estimate of drug-likeness (QED) is 0.687. The van der Waals surface area contributed by atoms with Gasteiger partial charge >= 0.3 is 0 Å². The first-order chi connectivity index (χ1) is 13.6. The molecule has 1 atom stereocenters. The van der Waals surface area contributed by atoms with Crippen molar-refractivity contribution in [2.24, 2.45) is 5.92 Å². The first-order valence-electron chi connectivity index (χ1n) is 10.1. The Hall–Kier alpha value is -1.80. The summed E-state index contributed by atoms with van der Waals surface area (Å²) in [5.41, 5.74) is 0.939. The van der Waals surface area contributed by atoms with E-state index in [0.717, 1.165) is 67.7 Å². The van der Waals surface area contributed by atoms with Gasteiger partial charge in [-0.3, -0.25) is 9.36 Å². The number of piperidine rings is 1. The van der Waals surface area contributed by atoms with Crippen LogP contribution in [0.4, 0.5) is 0 Å². The summed E-state index contributed by atoms with van der Waals surface area (Å²) in [6, 6.07) is 1.92. The number of aromatic nitrogens is 3. The molecule has 152 valence electrons. The number of likely N-dealkylation sites (tertiary alicyclic amines) is 1. The van der Waals surface area contributed by atoms with E-state index in [0.29, 0.717) is 18.2 Å². The van der Waals surface area contributed by atoms with Crippen LogP contribution in [0.2, 0.25) is 0 Å². The highest BCUT2D eigenvalue weighted by molar-refractivity contribution is 7.99. The minimum Gasteiger partial charge on any atom is -0.469 e. The van der Waals surface area contributed by atoms with E-state index in [1.165, 1.54) is 11.8 Å². The van der Waals surface area contributed by atoms with Crippen LogP contribution in [0.15, 0.2) is 21.9 Å². The Kier molecular flexibility index (Phi) is 6.06. The largest absolute Gasteiger partial charge is 0.469 e. The van der Waals surface area contributed by atoms with Crippen molar-refractivity contribution in [1.29, 1.82) is 0 Å². The molecule has 0 aliphatic carbocycles. The molecule has 2 aliphatic heterocycles. The second kappa shape index (κ2) is 8.69. The van der Waals surface area contributed by atoms with Crippen molar-refractivity contribution in [3.63, 3.8) is 0 Å². The molecule has 0 saturated carbocycles. The first-order valence-corrected chi connectivity index (χ1v) is 11.1. The predicted molar refractivity (Wildman–Crippen MR) is 107 cm³/mol. The predicted octanol–water partition coefficient (Wildman–Crippen LogP) is 3.38. The molecule has 4 heterocycles. The summed E-state index contributed by atoms with van der Waals surface area (Å²) in [5, 5.41) is 9.57. The molecular weight excluding hydrogens is 376 g/mol. The highest BCUT2D eigenvalue weighted by Crippen LogP contribution is 2.29. The van der Waals surface area contributed by atoms with E-state index in [2.05, 4.69) is 21.7 Å². The maximum Gasteiger partial charge on any atom is 0.233 e. The van der Waals surface area contributed by atoms with Crippen LogP contribution in [0.5, 0.6) is 0 Å². The summed E-state index contributed by atoms with van der Waals surface area (Å²) < 4.78 is 13.4. The highest BCUT2D eigenvalue weighted by atomic mass is 32.2. The van der Waals surface area contributed by atoms with Crippen molar-refractivity contribution >= 4 is 17.7 Å². The summed E-state index contributed by atoms with van der Waals surface area (Å²) in [6.45, 7) is 7.41. The lowest BCUT2D eigenvalue weighted by molar-refractivity contribution is -0.129. The average Bonchev–Trinajstić information content (AvgIpc) is 3.43. The SMILES string of the molecule is Cc1occc1-c1nnc(SCC(=O)N2CCC(C)CC2)n1C[C@H]1CCCO1. The summed E-state index contributed by atoms with van der Waals surface area (Å²) in [4.78, 5) is 14.6. The first kappa shape index (κ1) is 19.5. The monoisotopic (exact) mass is 404 g/mol. The molecule has 0 bridgehead atoms. The Labute approximate surface area is 169 Å².